The molecule has 1 aliphatic heterocycles. The number of benzene rings is 6. The van der Waals surface area contributed by atoms with Crippen LogP contribution in [-0.2, 0) is 5.41 Å². The summed E-state index contributed by atoms with van der Waals surface area (Å²) in [6.45, 7) is 3.02. The largest absolute Gasteiger partial charge is 0.349 e. The number of aryl methyl sites for hydroxylation is 1. The molecule has 0 bridgehead atoms. The zero-order valence-electron chi connectivity index (χ0n) is 31.6. The van der Waals surface area contributed by atoms with E-state index in [2.05, 4.69) is 162 Å². The highest BCUT2D eigenvalue weighted by Gasteiger charge is 2.46. The third-order valence-electron chi connectivity index (χ3n) is 11.0. The van der Waals surface area contributed by atoms with Crippen molar-refractivity contribution in [3.8, 4) is 16.9 Å². The monoisotopic (exact) mass is 661 g/mol. The van der Waals surface area contributed by atoms with Crippen molar-refractivity contribution in [2.75, 3.05) is 16.5 Å². The molecule has 0 fully saturated rings. The molecule has 4 nitrogen and oxygen atoms in total. The molecule has 2 aromatic heterocycles. The summed E-state index contributed by atoms with van der Waals surface area (Å²) >= 11 is 0. The Morgan fingerprint density at radius 2 is 1.31 bits per heavy atom. The minimum Gasteiger partial charge on any atom is -0.349 e. The van der Waals surface area contributed by atoms with Crippen molar-refractivity contribution < 1.29 is 4.11 Å². The van der Waals surface area contributed by atoms with E-state index in [-0.39, 0.29) is 5.56 Å². The lowest BCUT2D eigenvalue weighted by atomic mass is 9.67. The smallest absolute Gasteiger partial charge is 0.137 e. The van der Waals surface area contributed by atoms with E-state index < -0.39 is 12.3 Å². The van der Waals surface area contributed by atoms with Gasteiger partial charge in [0.25, 0.3) is 0 Å². The van der Waals surface area contributed by atoms with E-state index in [1.54, 1.807) is 18.3 Å². The molecule has 8 aromatic rings. The highest BCUT2D eigenvalue weighted by molar-refractivity contribution is 6.09. The first-order valence-electron chi connectivity index (χ1n) is 19.2. The quantitative estimate of drug-likeness (QED) is 0.183. The van der Waals surface area contributed by atoms with Crippen molar-refractivity contribution in [3.63, 3.8) is 0 Å². The number of hydrogen-bond acceptors (Lipinski definition) is 3. The summed E-state index contributed by atoms with van der Waals surface area (Å²) < 4.78 is 26.6. The van der Waals surface area contributed by atoms with E-state index in [4.69, 9.17) is 9.10 Å². The van der Waals surface area contributed by atoms with Gasteiger partial charge in [0, 0.05) is 32.8 Å². The van der Waals surface area contributed by atoms with Crippen LogP contribution in [0.2, 0.25) is 0 Å². The van der Waals surface area contributed by atoms with Crippen LogP contribution in [0.1, 0.15) is 45.8 Å². The maximum Gasteiger partial charge on any atom is 0.137 e. The van der Waals surface area contributed by atoms with Gasteiger partial charge in [-0.15, -0.1) is 0 Å². The van der Waals surface area contributed by atoms with Crippen LogP contribution < -0.4 is 9.80 Å². The minimum absolute atomic E-state index is 0.265. The Hall–Kier alpha value is -6.13. The first kappa shape index (κ1) is 26.7. The van der Waals surface area contributed by atoms with Crippen molar-refractivity contribution in [1.82, 2.24) is 9.55 Å². The SMILES string of the molecule is [2H]C([2H])([2H])c1ccnc(-n2c3ccccc3c3ccc(C4(c5cccc(N6CN(C(C)C)c7ccccc76)c5)c5ccccc5-c5ccccc54)cc32)c1. The van der Waals surface area contributed by atoms with Gasteiger partial charge in [-0.2, -0.15) is 0 Å². The molecule has 0 spiro atoms. The average Bonchev–Trinajstić information content (AvgIpc) is 3.85. The van der Waals surface area contributed by atoms with Crippen LogP contribution in [0.5, 0.6) is 0 Å². The molecule has 2 aliphatic rings. The molecule has 0 unspecified atom stereocenters. The second kappa shape index (κ2) is 11.2. The van der Waals surface area contributed by atoms with Gasteiger partial charge in [0.15, 0.2) is 0 Å². The molecule has 0 saturated carbocycles. The van der Waals surface area contributed by atoms with Crippen molar-refractivity contribution >= 4 is 38.9 Å². The maximum atomic E-state index is 8.17. The summed E-state index contributed by atoms with van der Waals surface area (Å²) in [7, 11) is 0. The predicted octanol–water partition coefficient (Wildman–Crippen LogP) is 11.2. The number of anilines is 3. The number of nitrogens with zero attached hydrogens (tertiary/aromatic N) is 4. The first-order chi connectivity index (χ1) is 26.2. The molecule has 0 radical (unpaired) electrons. The molecule has 51 heavy (non-hydrogen) atoms. The van der Waals surface area contributed by atoms with Crippen LogP contribution in [0, 0.1) is 6.85 Å². The van der Waals surface area contributed by atoms with Crippen molar-refractivity contribution in [3.05, 3.63) is 186 Å². The Morgan fingerprint density at radius 3 is 2.10 bits per heavy atom. The van der Waals surface area contributed by atoms with E-state index in [1.807, 2.05) is 6.07 Å². The number of fused-ring (bicyclic) bond motifs is 7. The number of para-hydroxylation sites is 3. The number of aromatic nitrogens is 2. The molecular formula is C47H38N4. The summed E-state index contributed by atoms with van der Waals surface area (Å²) in [5, 5.41) is 2.17. The van der Waals surface area contributed by atoms with Crippen molar-refractivity contribution in [2.45, 2.75) is 32.2 Å². The van der Waals surface area contributed by atoms with Gasteiger partial charge in [-0.05, 0) is 108 Å². The Kier molecular flexibility index (Phi) is 5.86. The zero-order valence-corrected chi connectivity index (χ0v) is 28.6. The molecule has 6 aromatic carbocycles. The third kappa shape index (κ3) is 4.23. The highest BCUT2D eigenvalue weighted by Crippen LogP contribution is 2.57. The summed E-state index contributed by atoms with van der Waals surface area (Å²) in [6.07, 6.45) is 1.61. The molecule has 4 heteroatoms. The molecule has 0 N–H and O–H groups in total. The van der Waals surface area contributed by atoms with E-state index in [9.17, 15) is 0 Å². The Bertz CT molecular complexity index is 2720. The number of rotatable bonds is 5. The summed E-state index contributed by atoms with van der Waals surface area (Å²) in [5.74, 6) is 0.581. The lowest BCUT2D eigenvalue weighted by Gasteiger charge is -2.35. The Morgan fingerprint density at radius 1 is 0.627 bits per heavy atom. The van der Waals surface area contributed by atoms with Gasteiger partial charge < -0.3 is 9.80 Å². The lowest BCUT2D eigenvalue weighted by molar-refractivity contribution is 0.708. The number of pyridine rings is 1. The van der Waals surface area contributed by atoms with Gasteiger partial charge in [-0.3, -0.25) is 4.57 Å². The fourth-order valence-electron chi connectivity index (χ4n) is 8.82. The number of hydrogen-bond donors (Lipinski definition) is 0. The van der Waals surface area contributed by atoms with Crippen molar-refractivity contribution in [2.24, 2.45) is 0 Å². The van der Waals surface area contributed by atoms with Gasteiger partial charge in [-0.25, -0.2) is 4.98 Å². The molecule has 0 amide bonds. The summed E-state index contributed by atoms with van der Waals surface area (Å²) in [5.41, 5.74) is 12.4. The van der Waals surface area contributed by atoms with Gasteiger partial charge in [0.05, 0.1) is 34.5 Å². The van der Waals surface area contributed by atoms with E-state index in [0.29, 0.717) is 11.9 Å². The topological polar surface area (TPSA) is 24.3 Å². The molecule has 1 aliphatic carbocycles. The van der Waals surface area contributed by atoms with Crippen LogP contribution in [0.25, 0.3) is 38.8 Å². The van der Waals surface area contributed by atoms with Crippen LogP contribution in [0.15, 0.2) is 158 Å². The second-order valence-corrected chi connectivity index (χ2v) is 14.0. The standard InChI is InChI=1S/C47H38N4/c1-31(2)49-30-50(44-22-11-10-21-43(44)49)35-14-12-13-33(28-35)47(40-18-7-4-15-36(40)37-16-5-8-19-41(37)47)34-23-24-39-38-17-6-9-20-42(38)51(45(39)29-34)46-27-32(3)25-26-48-46/h4-29,31H,30H2,1-3H3/i3D3. The predicted molar refractivity (Wildman–Crippen MR) is 212 cm³/mol. The third-order valence-corrected chi connectivity index (χ3v) is 11.0. The highest BCUT2D eigenvalue weighted by atomic mass is 15.4. The van der Waals surface area contributed by atoms with E-state index >= 15 is 0 Å². The Balaban J connectivity index is 1.26. The van der Waals surface area contributed by atoms with E-state index in [0.717, 1.165) is 39.7 Å². The molecule has 3 heterocycles. The summed E-state index contributed by atoms with van der Waals surface area (Å²) in [6, 6.07) is 54.3. The molecule has 246 valence electrons. The lowest BCUT2D eigenvalue weighted by Crippen LogP contribution is -2.33. The van der Waals surface area contributed by atoms with Crippen LogP contribution in [0.3, 0.4) is 0 Å². The van der Waals surface area contributed by atoms with Gasteiger partial charge >= 0.3 is 0 Å². The average molecular weight is 662 g/mol. The minimum atomic E-state index is -2.25. The van der Waals surface area contributed by atoms with Crippen LogP contribution in [0.4, 0.5) is 17.1 Å². The molecule has 0 saturated heterocycles. The fraction of sp³-hybridized carbons (Fsp3) is 0.128. The maximum absolute atomic E-state index is 8.17. The van der Waals surface area contributed by atoms with Gasteiger partial charge in [0.1, 0.15) is 5.82 Å². The van der Waals surface area contributed by atoms with E-state index in [1.165, 1.54) is 39.2 Å². The van der Waals surface area contributed by atoms with Gasteiger partial charge in [0.2, 0.25) is 0 Å². The molecular weight excluding hydrogens is 621 g/mol. The van der Waals surface area contributed by atoms with Crippen LogP contribution >= 0.6 is 0 Å². The second-order valence-electron chi connectivity index (χ2n) is 14.0. The van der Waals surface area contributed by atoms with Crippen LogP contribution in [-0.4, -0.2) is 22.3 Å². The molecule has 0 atom stereocenters. The Labute approximate surface area is 303 Å². The normalized spacial score (nSPS) is 15.5. The zero-order chi connectivity index (χ0) is 36.8. The fourth-order valence-corrected chi connectivity index (χ4v) is 8.82. The van der Waals surface area contributed by atoms with Gasteiger partial charge in [-0.1, -0.05) is 103 Å². The molecule has 10 rings (SSSR count). The summed E-state index contributed by atoms with van der Waals surface area (Å²) in [4.78, 5) is 9.66. The van der Waals surface area contributed by atoms with Crippen molar-refractivity contribution in [1.29, 1.82) is 0 Å². The first-order valence-corrected chi connectivity index (χ1v) is 17.7.